The number of aromatic nitrogens is 5. The molecule has 3 heterocycles. The van der Waals surface area contributed by atoms with Gasteiger partial charge in [-0.25, -0.2) is 9.48 Å². The summed E-state index contributed by atoms with van der Waals surface area (Å²) in [5.41, 5.74) is 0.802. The molecule has 0 unspecified atom stereocenters. The van der Waals surface area contributed by atoms with Crippen molar-refractivity contribution in [2.75, 3.05) is 0 Å². The summed E-state index contributed by atoms with van der Waals surface area (Å²) in [6.07, 6.45) is 0. The molecule has 142 valence electrons. The number of carbonyl (C=O) groups is 1. The van der Waals surface area contributed by atoms with Crippen LogP contribution < -0.4 is 0 Å². The minimum absolute atomic E-state index is 0.0316. The van der Waals surface area contributed by atoms with Crippen LogP contribution in [0.1, 0.15) is 42.1 Å². The molecule has 0 fully saturated rings. The van der Waals surface area contributed by atoms with Crippen molar-refractivity contribution in [3.63, 3.8) is 0 Å². The summed E-state index contributed by atoms with van der Waals surface area (Å²) < 4.78 is 12.0. The van der Waals surface area contributed by atoms with Crippen LogP contribution in [0.4, 0.5) is 0 Å². The summed E-state index contributed by atoms with van der Waals surface area (Å²) in [5.74, 6) is 0.820. The highest BCUT2D eigenvalue weighted by Crippen LogP contribution is 2.25. The van der Waals surface area contributed by atoms with Crippen molar-refractivity contribution in [3.8, 4) is 16.4 Å². The Labute approximate surface area is 164 Å². The van der Waals surface area contributed by atoms with E-state index in [1.807, 2.05) is 61.7 Å². The molecule has 8 nitrogen and oxygen atoms in total. The van der Waals surface area contributed by atoms with Gasteiger partial charge in [0.15, 0.2) is 18.3 Å². The smallest absolute Gasteiger partial charge is 0.378 e. The minimum atomic E-state index is -0.656. The lowest BCUT2D eigenvalue weighted by Gasteiger charge is -2.03. The second-order valence-electron chi connectivity index (χ2n) is 6.26. The van der Waals surface area contributed by atoms with Gasteiger partial charge in [-0.3, -0.25) is 0 Å². The summed E-state index contributed by atoms with van der Waals surface area (Å²) in [6, 6.07) is 13.3. The zero-order valence-electron chi connectivity index (χ0n) is 15.3. The fourth-order valence-electron chi connectivity index (χ4n) is 2.47. The van der Waals surface area contributed by atoms with E-state index in [0.717, 1.165) is 10.6 Å². The molecule has 0 spiro atoms. The van der Waals surface area contributed by atoms with Crippen molar-refractivity contribution in [2.24, 2.45) is 0 Å². The Morgan fingerprint density at radius 2 is 2.00 bits per heavy atom. The maximum atomic E-state index is 12.5. The van der Waals surface area contributed by atoms with Crippen LogP contribution in [0.15, 0.2) is 52.4 Å². The second kappa shape index (κ2) is 7.73. The summed E-state index contributed by atoms with van der Waals surface area (Å²) in [7, 11) is 0. The van der Waals surface area contributed by atoms with Gasteiger partial charge in [0, 0.05) is 5.92 Å². The van der Waals surface area contributed by atoms with E-state index >= 15 is 0 Å². The first-order valence-corrected chi connectivity index (χ1v) is 9.55. The number of esters is 1. The third kappa shape index (κ3) is 3.70. The monoisotopic (exact) mass is 395 g/mol. The minimum Gasteiger partial charge on any atom is -0.450 e. The van der Waals surface area contributed by atoms with Crippen LogP contribution in [0.25, 0.3) is 16.4 Å². The molecule has 0 bridgehead atoms. The molecule has 4 aromatic rings. The number of ether oxygens (including phenoxy) is 1. The van der Waals surface area contributed by atoms with Gasteiger partial charge in [-0.05, 0) is 23.6 Å². The van der Waals surface area contributed by atoms with Gasteiger partial charge in [-0.1, -0.05) is 43.3 Å². The first-order valence-electron chi connectivity index (χ1n) is 8.68. The summed E-state index contributed by atoms with van der Waals surface area (Å²) >= 11 is 1.52. The van der Waals surface area contributed by atoms with Gasteiger partial charge in [0.25, 0.3) is 11.7 Å². The van der Waals surface area contributed by atoms with Crippen LogP contribution in [-0.4, -0.2) is 30.9 Å². The lowest BCUT2D eigenvalue weighted by Crippen LogP contribution is -2.08. The van der Waals surface area contributed by atoms with Crippen LogP contribution in [0.3, 0.4) is 0 Å². The standard InChI is InChI=1S/C19H17N5O3S/c1-12(2)16-20-15(27-23-16)11-26-19(25)17-21-18(14-9-6-10-28-14)24(22-17)13-7-4-3-5-8-13/h3-10,12H,11H2,1-2H3. The van der Waals surface area contributed by atoms with Crippen molar-refractivity contribution in [1.82, 2.24) is 24.9 Å². The highest BCUT2D eigenvalue weighted by Gasteiger charge is 2.21. The van der Waals surface area contributed by atoms with Crippen molar-refractivity contribution in [3.05, 3.63) is 65.4 Å². The average Bonchev–Trinajstić information content (AvgIpc) is 3.46. The lowest BCUT2D eigenvalue weighted by molar-refractivity contribution is 0.0415. The Morgan fingerprint density at radius 1 is 1.18 bits per heavy atom. The number of hydrogen-bond acceptors (Lipinski definition) is 8. The third-order valence-corrected chi connectivity index (χ3v) is 4.72. The average molecular weight is 395 g/mol. The molecule has 1 aromatic carbocycles. The molecule has 0 atom stereocenters. The van der Waals surface area contributed by atoms with Crippen molar-refractivity contribution < 1.29 is 14.1 Å². The van der Waals surface area contributed by atoms with Crippen molar-refractivity contribution in [1.29, 1.82) is 0 Å². The molecular weight excluding hydrogens is 378 g/mol. The highest BCUT2D eigenvalue weighted by molar-refractivity contribution is 7.13. The van der Waals surface area contributed by atoms with Crippen LogP contribution in [-0.2, 0) is 11.3 Å². The van der Waals surface area contributed by atoms with Crippen LogP contribution in [0, 0.1) is 0 Å². The lowest BCUT2D eigenvalue weighted by atomic mass is 10.2. The van der Waals surface area contributed by atoms with Gasteiger partial charge in [-0.2, -0.15) is 9.97 Å². The van der Waals surface area contributed by atoms with Crippen LogP contribution in [0.5, 0.6) is 0 Å². The molecule has 4 rings (SSSR count). The van der Waals surface area contributed by atoms with Gasteiger partial charge in [0.2, 0.25) is 0 Å². The Bertz CT molecular complexity index is 1070. The van der Waals surface area contributed by atoms with Gasteiger partial charge in [-0.15, -0.1) is 16.4 Å². The first kappa shape index (κ1) is 18.1. The molecule has 3 aromatic heterocycles. The first-order chi connectivity index (χ1) is 13.6. The van der Waals surface area contributed by atoms with E-state index in [1.165, 1.54) is 11.3 Å². The summed E-state index contributed by atoms with van der Waals surface area (Å²) in [6.45, 7) is 3.77. The molecule has 0 amide bonds. The largest absolute Gasteiger partial charge is 0.450 e. The fraction of sp³-hybridized carbons (Fsp3) is 0.211. The van der Waals surface area contributed by atoms with Gasteiger partial charge >= 0.3 is 5.97 Å². The van der Waals surface area contributed by atoms with Crippen LogP contribution in [0.2, 0.25) is 0 Å². The summed E-state index contributed by atoms with van der Waals surface area (Å²) in [4.78, 5) is 22.0. The maximum absolute atomic E-state index is 12.5. The molecule has 0 aliphatic heterocycles. The molecule has 28 heavy (non-hydrogen) atoms. The predicted octanol–water partition coefficient (Wildman–Crippen LogP) is 3.86. The molecule has 0 aliphatic carbocycles. The number of benzene rings is 1. The van der Waals surface area contributed by atoms with E-state index in [2.05, 4.69) is 20.2 Å². The zero-order valence-corrected chi connectivity index (χ0v) is 16.1. The molecule has 0 N–H and O–H groups in total. The van der Waals surface area contributed by atoms with E-state index in [4.69, 9.17) is 9.26 Å². The van der Waals surface area contributed by atoms with E-state index in [0.29, 0.717) is 11.6 Å². The van der Waals surface area contributed by atoms with Gasteiger partial charge < -0.3 is 9.26 Å². The van der Waals surface area contributed by atoms with Gasteiger partial charge in [0.1, 0.15) is 0 Å². The van der Waals surface area contributed by atoms with Crippen molar-refractivity contribution in [2.45, 2.75) is 26.4 Å². The molecule has 0 saturated heterocycles. The van der Waals surface area contributed by atoms with Crippen molar-refractivity contribution >= 4 is 17.3 Å². The molecule has 0 saturated carbocycles. The number of para-hydroxylation sites is 1. The quantitative estimate of drug-likeness (QED) is 0.457. The normalized spacial score (nSPS) is 11.1. The number of nitrogens with zero attached hydrogens (tertiary/aromatic N) is 5. The Balaban J connectivity index is 1.58. The predicted molar refractivity (Wildman–Crippen MR) is 102 cm³/mol. The Kier molecular flexibility index (Phi) is 4.98. The number of thiophene rings is 1. The molecule has 0 aliphatic rings. The topological polar surface area (TPSA) is 95.9 Å². The Hall–Kier alpha value is -3.33. The number of carbonyl (C=O) groups excluding carboxylic acids is 1. The molecular formula is C19H17N5O3S. The van der Waals surface area contributed by atoms with E-state index in [9.17, 15) is 4.79 Å². The number of rotatable bonds is 6. The van der Waals surface area contributed by atoms with E-state index in [-0.39, 0.29) is 24.2 Å². The second-order valence-corrected chi connectivity index (χ2v) is 7.21. The van der Waals surface area contributed by atoms with E-state index in [1.54, 1.807) is 4.68 Å². The van der Waals surface area contributed by atoms with Crippen LogP contribution >= 0.6 is 11.3 Å². The zero-order chi connectivity index (χ0) is 19.5. The SMILES string of the molecule is CC(C)c1noc(COC(=O)c2nc(-c3cccs3)n(-c3ccccc3)n2)n1. The third-order valence-electron chi connectivity index (χ3n) is 3.86. The number of hydrogen-bond donors (Lipinski definition) is 0. The molecule has 0 radical (unpaired) electrons. The Morgan fingerprint density at radius 3 is 2.68 bits per heavy atom. The highest BCUT2D eigenvalue weighted by atomic mass is 32.1. The summed E-state index contributed by atoms with van der Waals surface area (Å²) in [5, 5.41) is 10.1. The molecule has 9 heteroatoms. The van der Waals surface area contributed by atoms with Gasteiger partial charge in [0.05, 0.1) is 10.6 Å². The van der Waals surface area contributed by atoms with E-state index < -0.39 is 5.97 Å². The fourth-order valence-corrected chi connectivity index (χ4v) is 3.16. The maximum Gasteiger partial charge on any atom is 0.378 e.